The van der Waals surface area contributed by atoms with E-state index < -0.39 is 0 Å². The van der Waals surface area contributed by atoms with Crippen molar-refractivity contribution in [1.82, 2.24) is 4.90 Å². The Hall–Kier alpha value is -2.01. The Kier molecular flexibility index (Phi) is 4.85. The average Bonchev–Trinajstić information content (AvgIpc) is 2.89. The molecule has 3 N–H and O–H groups in total. The molecule has 1 aromatic heterocycles. The molecule has 2 aromatic rings. The van der Waals surface area contributed by atoms with Crippen molar-refractivity contribution in [2.75, 3.05) is 18.9 Å². The Morgan fingerprint density at radius 2 is 2.05 bits per heavy atom. The zero-order valence-corrected chi connectivity index (χ0v) is 12.5. The van der Waals surface area contributed by atoms with Crippen LogP contribution in [0.4, 0.5) is 5.69 Å². The number of amides is 1. The Bertz CT molecular complexity index is 617. The molecule has 0 saturated carbocycles. The van der Waals surface area contributed by atoms with Crippen molar-refractivity contribution in [3.63, 3.8) is 0 Å². The summed E-state index contributed by atoms with van der Waals surface area (Å²) < 4.78 is 5.62. The van der Waals surface area contributed by atoms with Gasteiger partial charge in [-0.25, -0.2) is 0 Å². The molecule has 5 heteroatoms. The van der Waals surface area contributed by atoms with E-state index in [-0.39, 0.29) is 24.3 Å². The van der Waals surface area contributed by atoms with E-state index in [1.54, 1.807) is 29.2 Å². The lowest BCUT2D eigenvalue weighted by molar-refractivity contribution is 0.0592. The summed E-state index contributed by atoms with van der Waals surface area (Å²) in [5.74, 6) is 0.100. The summed E-state index contributed by atoms with van der Waals surface area (Å²) in [6.45, 7) is 4.32. The van der Waals surface area contributed by atoms with Crippen LogP contribution in [0.3, 0.4) is 0 Å². The molecule has 2 rings (SSSR count). The van der Waals surface area contributed by atoms with Crippen molar-refractivity contribution < 1.29 is 14.3 Å². The number of nitrogens with two attached hydrogens (primary N) is 1. The van der Waals surface area contributed by atoms with Gasteiger partial charge in [0.1, 0.15) is 5.58 Å². The standard InChI is InChI=1S/C16H22N2O3/c1-3-13(4-2)18(7-8-19)16(20)15-10-11-9-12(17)5-6-14(11)21-15/h5-6,9-10,13,19H,3-4,7-8,17H2,1-2H3. The fourth-order valence-electron chi connectivity index (χ4n) is 2.60. The number of fused-ring (bicyclic) bond motifs is 1. The van der Waals surface area contributed by atoms with Gasteiger partial charge in [-0.1, -0.05) is 13.8 Å². The number of furan rings is 1. The van der Waals surface area contributed by atoms with E-state index in [9.17, 15) is 9.90 Å². The molecule has 0 atom stereocenters. The van der Waals surface area contributed by atoms with Gasteiger partial charge >= 0.3 is 0 Å². The minimum Gasteiger partial charge on any atom is -0.451 e. The number of hydrogen-bond acceptors (Lipinski definition) is 4. The van der Waals surface area contributed by atoms with E-state index in [4.69, 9.17) is 10.2 Å². The lowest BCUT2D eigenvalue weighted by Crippen LogP contribution is -2.41. The number of benzene rings is 1. The summed E-state index contributed by atoms with van der Waals surface area (Å²) in [6.07, 6.45) is 1.69. The van der Waals surface area contributed by atoms with Crippen molar-refractivity contribution in [3.8, 4) is 0 Å². The van der Waals surface area contributed by atoms with Crippen LogP contribution < -0.4 is 5.73 Å². The quantitative estimate of drug-likeness (QED) is 0.801. The maximum Gasteiger partial charge on any atom is 0.289 e. The summed E-state index contributed by atoms with van der Waals surface area (Å²) >= 11 is 0. The van der Waals surface area contributed by atoms with Crippen molar-refractivity contribution in [1.29, 1.82) is 0 Å². The first-order valence-corrected chi connectivity index (χ1v) is 7.31. The first kappa shape index (κ1) is 15.4. The van der Waals surface area contributed by atoms with Gasteiger partial charge in [0, 0.05) is 23.7 Å². The summed E-state index contributed by atoms with van der Waals surface area (Å²) in [6, 6.07) is 7.09. The molecule has 114 valence electrons. The normalized spacial score (nSPS) is 11.2. The summed E-state index contributed by atoms with van der Waals surface area (Å²) in [4.78, 5) is 14.3. The molecule has 0 radical (unpaired) electrons. The molecular weight excluding hydrogens is 268 g/mol. The molecule has 1 amide bonds. The molecular formula is C16H22N2O3. The highest BCUT2D eigenvalue weighted by Gasteiger charge is 2.24. The van der Waals surface area contributed by atoms with Gasteiger partial charge in [-0.3, -0.25) is 4.79 Å². The van der Waals surface area contributed by atoms with Gasteiger partial charge in [0.15, 0.2) is 5.76 Å². The molecule has 1 heterocycles. The molecule has 0 aliphatic heterocycles. The van der Waals surface area contributed by atoms with Crippen LogP contribution in [0.25, 0.3) is 11.0 Å². The van der Waals surface area contributed by atoms with E-state index in [1.807, 2.05) is 13.8 Å². The summed E-state index contributed by atoms with van der Waals surface area (Å²) in [7, 11) is 0. The lowest BCUT2D eigenvalue weighted by Gasteiger charge is -2.29. The molecule has 5 nitrogen and oxygen atoms in total. The van der Waals surface area contributed by atoms with Crippen LogP contribution in [-0.2, 0) is 0 Å². The van der Waals surface area contributed by atoms with E-state index in [0.717, 1.165) is 18.2 Å². The number of carbonyl (C=O) groups excluding carboxylic acids is 1. The molecule has 21 heavy (non-hydrogen) atoms. The average molecular weight is 290 g/mol. The highest BCUT2D eigenvalue weighted by molar-refractivity contribution is 5.96. The van der Waals surface area contributed by atoms with Crippen LogP contribution in [0, 0.1) is 0 Å². The molecule has 0 aliphatic rings. The third-order valence-electron chi connectivity index (χ3n) is 3.74. The zero-order chi connectivity index (χ0) is 15.4. The Balaban J connectivity index is 2.33. The number of anilines is 1. The second-order valence-electron chi connectivity index (χ2n) is 5.10. The fraction of sp³-hybridized carbons (Fsp3) is 0.438. The molecule has 0 bridgehead atoms. The fourth-order valence-corrected chi connectivity index (χ4v) is 2.60. The molecule has 0 saturated heterocycles. The highest BCUT2D eigenvalue weighted by atomic mass is 16.3. The van der Waals surface area contributed by atoms with Gasteiger partial charge in [-0.2, -0.15) is 0 Å². The predicted octanol–water partition coefficient (Wildman–Crippen LogP) is 2.64. The van der Waals surface area contributed by atoms with Crippen LogP contribution in [0.1, 0.15) is 37.2 Å². The number of aliphatic hydroxyl groups excluding tert-OH is 1. The first-order valence-electron chi connectivity index (χ1n) is 7.31. The van der Waals surface area contributed by atoms with Crippen molar-refractivity contribution in [2.24, 2.45) is 0 Å². The lowest BCUT2D eigenvalue weighted by atomic mass is 10.1. The second kappa shape index (κ2) is 6.63. The number of rotatable bonds is 6. The van der Waals surface area contributed by atoms with Crippen LogP contribution in [0.5, 0.6) is 0 Å². The minimum atomic E-state index is -0.187. The number of nitrogens with zero attached hydrogens (tertiary/aromatic N) is 1. The van der Waals surface area contributed by atoms with Crippen molar-refractivity contribution >= 4 is 22.6 Å². The van der Waals surface area contributed by atoms with Gasteiger partial charge in [0.2, 0.25) is 0 Å². The maximum absolute atomic E-state index is 12.6. The van der Waals surface area contributed by atoms with Crippen molar-refractivity contribution in [3.05, 3.63) is 30.0 Å². The second-order valence-corrected chi connectivity index (χ2v) is 5.10. The molecule has 0 unspecified atom stereocenters. The topological polar surface area (TPSA) is 79.7 Å². The largest absolute Gasteiger partial charge is 0.451 e. The Morgan fingerprint density at radius 1 is 1.33 bits per heavy atom. The van der Waals surface area contributed by atoms with Gasteiger partial charge in [0.25, 0.3) is 5.91 Å². The maximum atomic E-state index is 12.6. The number of carbonyl (C=O) groups is 1. The Labute approximate surface area is 124 Å². The number of hydrogen-bond donors (Lipinski definition) is 2. The van der Waals surface area contributed by atoms with Crippen LogP contribution in [-0.4, -0.2) is 35.1 Å². The minimum absolute atomic E-state index is 0.0601. The molecule has 0 aliphatic carbocycles. The first-order chi connectivity index (χ1) is 10.1. The van der Waals surface area contributed by atoms with Crippen molar-refractivity contribution in [2.45, 2.75) is 32.7 Å². The predicted molar refractivity (Wildman–Crippen MR) is 83.1 cm³/mol. The van der Waals surface area contributed by atoms with E-state index in [0.29, 0.717) is 17.8 Å². The molecule has 0 fully saturated rings. The van der Waals surface area contributed by atoms with E-state index in [1.165, 1.54) is 0 Å². The summed E-state index contributed by atoms with van der Waals surface area (Å²) in [5.41, 5.74) is 7.01. The SMILES string of the molecule is CCC(CC)N(CCO)C(=O)c1cc2cc(N)ccc2o1. The smallest absolute Gasteiger partial charge is 0.289 e. The van der Waals surface area contributed by atoms with E-state index in [2.05, 4.69) is 0 Å². The van der Waals surface area contributed by atoms with E-state index >= 15 is 0 Å². The third-order valence-corrected chi connectivity index (χ3v) is 3.74. The van der Waals surface area contributed by atoms with Gasteiger partial charge in [-0.05, 0) is 37.1 Å². The number of aliphatic hydroxyl groups is 1. The van der Waals surface area contributed by atoms with Gasteiger partial charge < -0.3 is 20.2 Å². The number of nitrogen functional groups attached to an aromatic ring is 1. The van der Waals surface area contributed by atoms with Gasteiger partial charge in [0.05, 0.1) is 6.61 Å². The Morgan fingerprint density at radius 3 is 2.67 bits per heavy atom. The highest BCUT2D eigenvalue weighted by Crippen LogP contribution is 2.23. The van der Waals surface area contributed by atoms with Crippen LogP contribution in [0.15, 0.2) is 28.7 Å². The molecule has 0 spiro atoms. The van der Waals surface area contributed by atoms with Crippen LogP contribution in [0.2, 0.25) is 0 Å². The van der Waals surface area contributed by atoms with Gasteiger partial charge in [-0.15, -0.1) is 0 Å². The monoisotopic (exact) mass is 290 g/mol. The van der Waals surface area contributed by atoms with Crippen LogP contribution >= 0.6 is 0 Å². The third kappa shape index (κ3) is 3.19. The summed E-state index contributed by atoms with van der Waals surface area (Å²) in [5, 5.41) is 10.0. The molecule has 1 aromatic carbocycles. The zero-order valence-electron chi connectivity index (χ0n) is 12.5.